The molecular formula is C15H23N3O2. The van der Waals surface area contributed by atoms with Crippen molar-refractivity contribution in [3.8, 4) is 11.5 Å². The predicted octanol–water partition coefficient (Wildman–Crippen LogP) is 2.14. The quantitative estimate of drug-likeness (QED) is 0.582. The van der Waals surface area contributed by atoms with Crippen LogP contribution in [0.15, 0.2) is 23.2 Å². The zero-order valence-electron chi connectivity index (χ0n) is 11.9. The number of methoxy groups -OCH3 is 1. The lowest BCUT2D eigenvalue weighted by atomic mass is 9.96. The molecule has 0 unspecified atom stereocenters. The number of ether oxygens (including phenoxy) is 1. The van der Waals surface area contributed by atoms with E-state index >= 15 is 0 Å². The number of nitrogens with two attached hydrogens (primary N) is 1. The zero-order chi connectivity index (χ0) is 14.4. The number of phenolic OH excluding ortho intramolecular Hbond substituents is 1. The Morgan fingerprint density at radius 3 is 2.85 bits per heavy atom. The first-order valence-electron chi connectivity index (χ1n) is 7.11. The molecule has 1 aromatic carbocycles. The van der Waals surface area contributed by atoms with Crippen LogP contribution < -0.4 is 15.8 Å². The van der Waals surface area contributed by atoms with Crippen molar-refractivity contribution in [3.05, 3.63) is 23.8 Å². The first-order valence-corrected chi connectivity index (χ1v) is 7.11. The fourth-order valence-corrected chi connectivity index (χ4v) is 2.49. The molecule has 1 aromatic rings. The Bertz CT molecular complexity index is 468. The third-order valence-corrected chi connectivity index (χ3v) is 3.66. The van der Waals surface area contributed by atoms with Gasteiger partial charge in [0.05, 0.1) is 13.7 Å². The van der Waals surface area contributed by atoms with Gasteiger partial charge in [-0.25, -0.2) is 4.99 Å². The normalized spacial score (nSPS) is 16.9. The number of phenols is 1. The molecule has 110 valence electrons. The molecule has 0 aliphatic heterocycles. The van der Waals surface area contributed by atoms with E-state index in [1.807, 2.05) is 0 Å². The molecule has 0 amide bonds. The maximum atomic E-state index is 9.78. The molecule has 2 rings (SSSR count). The Morgan fingerprint density at radius 2 is 2.15 bits per heavy atom. The third kappa shape index (κ3) is 4.05. The number of guanidine groups is 1. The standard InChI is InChI=1S/C15H23N3O2/c1-20-13-7-8-14(19)11(9-13)10-17-15(16)18-12-5-3-2-4-6-12/h7-9,12,19H,2-6,10H2,1H3,(H3,16,17,18). The summed E-state index contributed by atoms with van der Waals surface area (Å²) in [5.74, 6) is 1.35. The van der Waals surface area contributed by atoms with E-state index in [9.17, 15) is 5.11 Å². The summed E-state index contributed by atoms with van der Waals surface area (Å²) in [5, 5.41) is 13.0. The molecule has 0 bridgehead atoms. The Hall–Kier alpha value is -1.91. The largest absolute Gasteiger partial charge is 0.508 e. The molecule has 0 atom stereocenters. The minimum absolute atomic E-state index is 0.208. The lowest BCUT2D eigenvalue weighted by Crippen LogP contribution is -2.41. The van der Waals surface area contributed by atoms with Gasteiger partial charge in [-0.3, -0.25) is 0 Å². The third-order valence-electron chi connectivity index (χ3n) is 3.66. The van der Waals surface area contributed by atoms with Gasteiger partial charge in [0.25, 0.3) is 0 Å². The number of hydrogen-bond donors (Lipinski definition) is 3. The summed E-state index contributed by atoms with van der Waals surface area (Å²) in [4.78, 5) is 4.29. The van der Waals surface area contributed by atoms with Crippen LogP contribution >= 0.6 is 0 Å². The summed E-state index contributed by atoms with van der Waals surface area (Å²) in [5.41, 5.74) is 6.61. The van der Waals surface area contributed by atoms with Crippen LogP contribution in [-0.4, -0.2) is 24.2 Å². The molecule has 0 spiro atoms. The number of hydrogen-bond acceptors (Lipinski definition) is 3. The predicted molar refractivity (Wildman–Crippen MR) is 80.0 cm³/mol. The Kier molecular flexibility index (Phi) is 5.09. The summed E-state index contributed by atoms with van der Waals surface area (Å²) in [6.07, 6.45) is 6.12. The molecule has 5 nitrogen and oxygen atoms in total. The van der Waals surface area contributed by atoms with Gasteiger partial charge in [0.1, 0.15) is 11.5 Å². The smallest absolute Gasteiger partial charge is 0.189 e. The van der Waals surface area contributed by atoms with Crippen LogP contribution in [0.2, 0.25) is 0 Å². The van der Waals surface area contributed by atoms with Gasteiger partial charge in [-0.2, -0.15) is 0 Å². The maximum Gasteiger partial charge on any atom is 0.189 e. The van der Waals surface area contributed by atoms with E-state index in [1.165, 1.54) is 19.3 Å². The molecule has 1 saturated carbocycles. The fraction of sp³-hybridized carbons (Fsp3) is 0.533. The summed E-state index contributed by atoms with van der Waals surface area (Å²) in [6, 6.07) is 5.53. The molecule has 0 radical (unpaired) electrons. The Balaban J connectivity index is 1.93. The van der Waals surface area contributed by atoms with E-state index in [2.05, 4.69) is 10.3 Å². The van der Waals surface area contributed by atoms with Crippen molar-refractivity contribution >= 4 is 5.96 Å². The van der Waals surface area contributed by atoms with Crippen molar-refractivity contribution in [1.29, 1.82) is 0 Å². The van der Waals surface area contributed by atoms with Gasteiger partial charge >= 0.3 is 0 Å². The highest BCUT2D eigenvalue weighted by Gasteiger charge is 2.13. The van der Waals surface area contributed by atoms with Gasteiger partial charge in [0.15, 0.2) is 5.96 Å². The number of aliphatic imine (C=N–C) groups is 1. The first-order chi connectivity index (χ1) is 9.69. The van der Waals surface area contributed by atoms with Crippen LogP contribution in [0.3, 0.4) is 0 Å². The number of aromatic hydroxyl groups is 1. The highest BCUT2D eigenvalue weighted by Crippen LogP contribution is 2.23. The van der Waals surface area contributed by atoms with Gasteiger partial charge in [-0.05, 0) is 31.0 Å². The average molecular weight is 277 g/mol. The molecule has 0 heterocycles. The van der Waals surface area contributed by atoms with Crippen LogP contribution in [0.5, 0.6) is 11.5 Å². The monoisotopic (exact) mass is 277 g/mol. The highest BCUT2D eigenvalue weighted by atomic mass is 16.5. The van der Waals surface area contributed by atoms with E-state index in [0.717, 1.165) is 12.8 Å². The molecule has 1 aliphatic rings. The molecular weight excluding hydrogens is 254 g/mol. The summed E-state index contributed by atoms with van der Waals surface area (Å²) in [6.45, 7) is 0.342. The van der Waals surface area contributed by atoms with Crippen LogP contribution in [-0.2, 0) is 6.54 Å². The van der Waals surface area contributed by atoms with Crippen molar-refractivity contribution in [2.24, 2.45) is 10.7 Å². The topological polar surface area (TPSA) is 79.9 Å². The zero-order valence-corrected chi connectivity index (χ0v) is 11.9. The van der Waals surface area contributed by atoms with Crippen molar-refractivity contribution in [2.45, 2.75) is 44.7 Å². The van der Waals surface area contributed by atoms with Crippen molar-refractivity contribution in [2.75, 3.05) is 7.11 Å². The number of benzene rings is 1. The molecule has 1 fully saturated rings. The van der Waals surface area contributed by atoms with Gasteiger partial charge in [0.2, 0.25) is 0 Å². The van der Waals surface area contributed by atoms with E-state index < -0.39 is 0 Å². The van der Waals surface area contributed by atoms with Crippen molar-refractivity contribution in [3.63, 3.8) is 0 Å². The lowest BCUT2D eigenvalue weighted by molar-refractivity contribution is 0.410. The Labute approximate surface area is 119 Å². The number of rotatable bonds is 4. The molecule has 0 saturated heterocycles. The highest BCUT2D eigenvalue weighted by molar-refractivity contribution is 5.78. The molecule has 1 aliphatic carbocycles. The van der Waals surface area contributed by atoms with Crippen LogP contribution in [0, 0.1) is 0 Å². The molecule has 0 aromatic heterocycles. The second-order valence-corrected chi connectivity index (χ2v) is 5.18. The Morgan fingerprint density at radius 1 is 1.40 bits per heavy atom. The van der Waals surface area contributed by atoms with Crippen LogP contribution in [0.1, 0.15) is 37.7 Å². The minimum atomic E-state index is 0.208. The lowest BCUT2D eigenvalue weighted by Gasteiger charge is -2.23. The average Bonchev–Trinajstić information content (AvgIpc) is 2.47. The van der Waals surface area contributed by atoms with Crippen LogP contribution in [0.4, 0.5) is 0 Å². The first kappa shape index (κ1) is 14.5. The fourth-order valence-electron chi connectivity index (χ4n) is 2.49. The van der Waals surface area contributed by atoms with Gasteiger partial charge < -0.3 is 20.9 Å². The van der Waals surface area contributed by atoms with Gasteiger partial charge in [-0.1, -0.05) is 19.3 Å². The summed E-state index contributed by atoms with van der Waals surface area (Å²) in [7, 11) is 1.60. The second-order valence-electron chi connectivity index (χ2n) is 5.18. The van der Waals surface area contributed by atoms with Crippen molar-refractivity contribution < 1.29 is 9.84 Å². The summed E-state index contributed by atoms with van der Waals surface area (Å²) >= 11 is 0. The second kappa shape index (κ2) is 7.03. The maximum absolute atomic E-state index is 9.78. The van der Waals surface area contributed by atoms with E-state index in [0.29, 0.717) is 29.9 Å². The van der Waals surface area contributed by atoms with Gasteiger partial charge in [-0.15, -0.1) is 0 Å². The summed E-state index contributed by atoms with van der Waals surface area (Å²) < 4.78 is 5.13. The number of nitrogens with one attached hydrogen (secondary N) is 1. The van der Waals surface area contributed by atoms with Crippen LogP contribution in [0.25, 0.3) is 0 Å². The van der Waals surface area contributed by atoms with E-state index in [4.69, 9.17) is 10.5 Å². The molecule has 4 N–H and O–H groups in total. The van der Waals surface area contributed by atoms with E-state index in [-0.39, 0.29) is 5.75 Å². The minimum Gasteiger partial charge on any atom is -0.508 e. The molecule has 20 heavy (non-hydrogen) atoms. The molecule has 5 heteroatoms. The van der Waals surface area contributed by atoms with E-state index in [1.54, 1.807) is 25.3 Å². The van der Waals surface area contributed by atoms with Gasteiger partial charge in [0, 0.05) is 11.6 Å². The SMILES string of the molecule is COc1ccc(O)c(CN=C(N)NC2CCCCC2)c1. The van der Waals surface area contributed by atoms with Crippen molar-refractivity contribution in [1.82, 2.24) is 5.32 Å². The number of nitrogens with zero attached hydrogens (tertiary/aromatic N) is 1.